The van der Waals surface area contributed by atoms with E-state index in [1.54, 1.807) is 30.5 Å². The number of benzene rings is 1. The van der Waals surface area contributed by atoms with Gasteiger partial charge in [0.2, 0.25) is 0 Å². The third kappa shape index (κ3) is 5.68. The highest BCUT2D eigenvalue weighted by molar-refractivity contribution is 6.25. The van der Waals surface area contributed by atoms with Gasteiger partial charge in [0, 0.05) is 61.2 Å². The molecule has 2 aromatic rings. The van der Waals surface area contributed by atoms with Crippen LogP contribution in [0, 0.1) is 0 Å². The molecule has 10 heteroatoms. The number of hydrogen-bond donors (Lipinski definition) is 3. The molecule has 208 valence electrons. The van der Waals surface area contributed by atoms with Gasteiger partial charge in [-0.25, -0.2) is 4.79 Å². The van der Waals surface area contributed by atoms with Gasteiger partial charge in [0.1, 0.15) is 0 Å². The Hall–Kier alpha value is -2.98. The molecule has 2 aliphatic heterocycles. The summed E-state index contributed by atoms with van der Waals surface area (Å²) in [4.78, 5) is 21.2. The summed E-state index contributed by atoms with van der Waals surface area (Å²) in [5.41, 5.74) is 12.8. The number of likely N-dealkylation sites (N-methyl/N-ethyl adjacent to an activating group) is 1. The van der Waals surface area contributed by atoms with Crippen molar-refractivity contribution < 1.29 is 14.6 Å². The number of nitrogens with two attached hydrogens (primary N) is 1. The van der Waals surface area contributed by atoms with E-state index in [1.807, 2.05) is 19.9 Å². The Balaban J connectivity index is 1.42. The lowest BCUT2D eigenvalue weighted by molar-refractivity contribution is -0.0946. The van der Waals surface area contributed by atoms with Crippen molar-refractivity contribution in [3.63, 3.8) is 0 Å². The number of aromatic nitrogens is 2. The zero-order valence-corrected chi connectivity index (χ0v) is 23.5. The molecule has 5 rings (SSSR count). The number of carbonyl (C=O) groups is 1. The first-order chi connectivity index (χ1) is 18.7. The number of fused-ring (bicyclic) bond motifs is 1. The molecule has 3 aliphatic rings. The minimum Gasteiger partial charge on any atom is -0.478 e. The summed E-state index contributed by atoms with van der Waals surface area (Å²) in [6, 6.07) is 6.61. The van der Waals surface area contributed by atoms with Crippen LogP contribution in [-0.2, 0) is 4.74 Å². The smallest absolute Gasteiger partial charge is 0.335 e. The van der Waals surface area contributed by atoms with Gasteiger partial charge in [0.05, 0.1) is 41.6 Å². The second kappa shape index (κ2) is 11.3. The Kier molecular flexibility index (Phi) is 7.96. The summed E-state index contributed by atoms with van der Waals surface area (Å²) in [7, 11) is 2.16. The molecule has 0 bridgehead atoms. The molecule has 3 heterocycles. The van der Waals surface area contributed by atoms with E-state index >= 15 is 0 Å². The zero-order valence-electron chi connectivity index (χ0n) is 22.8. The Bertz CT molecular complexity index is 1320. The fourth-order valence-electron chi connectivity index (χ4n) is 6.08. The third-order valence-electron chi connectivity index (χ3n) is 8.17. The second-order valence-corrected chi connectivity index (χ2v) is 11.4. The van der Waals surface area contributed by atoms with Crippen LogP contribution in [0.3, 0.4) is 0 Å². The molecule has 2 saturated heterocycles. The number of H-pyrrole nitrogens is 1. The van der Waals surface area contributed by atoms with Gasteiger partial charge >= 0.3 is 5.97 Å². The van der Waals surface area contributed by atoms with Crippen LogP contribution in [0.5, 0.6) is 0 Å². The number of morpholine rings is 1. The molecule has 1 aromatic carbocycles. The van der Waals surface area contributed by atoms with Crippen molar-refractivity contribution in [1.82, 2.24) is 20.0 Å². The lowest BCUT2D eigenvalue weighted by atomic mass is 9.78. The molecule has 0 amide bonds. The Labute approximate surface area is 234 Å². The van der Waals surface area contributed by atoms with Crippen molar-refractivity contribution in [2.45, 2.75) is 37.2 Å². The number of hydrogen-bond acceptors (Lipinski definition) is 7. The van der Waals surface area contributed by atoms with Gasteiger partial charge in [0.25, 0.3) is 0 Å². The molecular weight excluding hydrogens is 516 g/mol. The summed E-state index contributed by atoms with van der Waals surface area (Å²) >= 11 is 7.03. The largest absolute Gasteiger partial charge is 0.478 e. The van der Waals surface area contributed by atoms with Crippen LogP contribution >= 0.6 is 11.6 Å². The molecule has 39 heavy (non-hydrogen) atoms. The Morgan fingerprint density at radius 2 is 2.03 bits per heavy atom. The summed E-state index contributed by atoms with van der Waals surface area (Å²) in [6.07, 6.45) is 4.86. The molecule has 0 saturated carbocycles. The van der Waals surface area contributed by atoms with Crippen LogP contribution in [0.4, 0.5) is 0 Å². The third-order valence-corrected chi connectivity index (χ3v) is 8.76. The maximum atomic E-state index is 11.4. The van der Waals surface area contributed by atoms with Crippen LogP contribution in [0.15, 0.2) is 46.6 Å². The summed E-state index contributed by atoms with van der Waals surface area (Å²) in [5, 5.41) is 16.3. The first kappa shape index (κ1) is 27.6. The van der Waals surface area contributed by atoms with Crippen molar-refractivity contribution in [3.8, 4) is 0 Å². The lowest BCUT2D eigenvalue weighted by Gasteiger charge is -2.38. The first-order valence-electron chi connectivity index (χ1n) is 13.4. The van der Waals surface area contributed by atoms with E-state index in [0.717, 1.165) is 79.4 Å². The van der Waals surface area contributed by atoms with Crippen molar-refractivity contribution in [2.24, 2.45) is 10.7 Å². The molecule has 1 aromatic heterocycles. The number of aromatic amines is 1. The number of aromatic carboxylic acids is 1. The molecule has 1 aliphatic carbocycles. The molecule has 9 nitrogen and oxygen atoms in total. The minimum absolute atomic E-state index is 0.0706. The van der Waals surface area contributed by atoms with E-state index in [4.69, 9.17) is 27.1 Å². The Morgan fingerprint density at radius 1 is 1.28 bits per heavy atom. The fraction of sp³-hybridized carbons (Fsp3) is 0.483. The number of alkyl halides is 1. The number of ether oxygens (including phenoxy) is 1. The summed E-state index contributed by atoms with van der Waals surface area (Å²) in [5.74, 6) is -1.23. The molecule has 1 spiro atoms. The van der Waals surface area contributed by atoms with Gasteiger partial charge < -0.3 is 20.5 Å². The molecule has 2 fully saturated rings. The van der Waals surface area contributed by atoms with Gasteiger partial charge in [-0.05, 0) is 51.1 Å². The number of nitrogens with one attached hydrogen (secondary N) is 1. The van der Waals surface area contributed by atoms with Crippen molar-refractivity contribution >= 4 is 35.1 Å². The number of rotatable bonds is 7. The van der Waals surface area contributed by atoms with Crippen LogP contribution in [0.1, 0.15) is 53.4 Å². The van der Waals surface area contributed by atoms with Crippen molar-refractivity contribution in [3.05, 3.63) is 64.0 Å². The summed E-state index contributed by atoms with van der Waals surface area (Å²) < 4.78 is 6.21. The van der Waals surface area contributed by atoms with Gasteiger partial charge in [-0.2, -0.15) is 5.10 Å². The van der Waals surface area contributed by atoms with Crippen molar-refractivity contribution in [1.29, 1.82) is 0 Å². The minimum atomic E-state index is -0.979. The van der Waals surface area contributed by atoms with E-state index in [-0.39, 0.29) is 22.5 Å². The number of aliphatic imine (C=N–C) groups is 1. The van der Waals surface area contributed by atoms with Gasteiger partial charge in [-0.3, -0.25) is 15.0 Å². The molecular formula is C29H37ClN6O3. The number of likely N-dealkylation sites (tertiary alicyclic amines) is 1. The Morgan fingerprint density at radius 3 is 2.74 bits per heavy atom. The predicted octanol–water partition coefficient (Wildman–Crippen LogP) is 3.45. The van der Waals surface area contributed by atoms with E-state index in [2.05, 4.69) is 27.0 Å². The lowest BCUT2D eigenvalue weighted by Crippen LogP contribution is -2.52. The number of halogens is 1. The fourth-order valence-corrected chi connectivity index (χ4v) is 6.40. The molecule has 3 atom stereocenters. The van der Waals surface area contributed by atoms with Crippen LogP contribution in [0.25, 0.3) is 11.8 Å². The highest BCUT2D eigenvalue weighted by Gasteiger charge is 2.41. The molecule has 3 unspecified atom stereocenters. The normalized spacial score (nSPS) is 26.9. The predicted molar refractivity (Wildman–Crippen MR) is 154 cm³/mol. The second-order valence-electron chi connectivity index (χ2n) is 11.0. The maximum absolute atomic E-state index is 11.4. The van der Waals surface area contributed by atoms with Crippen LogP contribution in [-0.4, -0.2) is 101 Å². The highest BCUT2D eigenvalue weighted by atomic mass is 35.5. The average molecular weight is 553 g/mol. The van der Waals surface area contributed by atoms with Crippen molar-refractivity contribution in [2.75, 3.05) is 52.9 Å². The summed E-state index contributed by atoms with van der Waals surface area (Å²) in [6.45, 7) is 10.1. The number of carboxylic acids is 1. The monoisotopic (exact) mass is 552 g/mol. The SMILES string of the molecule is CC1=Cc2[nH]ncc2C(/C(C(C)=NCCN2CCC3(CN(C)CCO3)C2)=C(/N)c2ccc(C(=O)O)cc2)C1Cl. The first-order valence-corrected chi connectivity index (χ1v) is 13.9. The zero-order chi connectivity index (χ0) is 27.7. The van der Waals surface area contributed by atoms with Gasteiger partial charge in [-0.15, -0.1) is 11.6 Å². The van der Waals surface area contributed by atoms with E-state index in [9.17, 15) is 9.90 Å². The average Bonchev–Trinajstić information content (AvgIpc) is 3.53. The number of carboxylic acid groups (broad SMARTS) is 1. The van der Waals surface area contributed by atoms with Gasteiger partial charge in [0.15, 0.2) is 0 Å². The number of nitrogens with zero attached hydrogens (tertiary/aromatic N) is 4. The quantitative estimate of drug-likeness (QED) is 0.355. The molecule has 0 radical (unpaired) electrons. The van der Waals surface area contributed by atoms with Crippen LogP contribution in [0.2, 0.25) is 0 Å². The maximum Gasteiger partial charge on any atom is 0.335 e. The highest BCUT2D eigenvalue weighted by Crippen LogP contribution is 2.43. The van der Waals surface area contributed by atoms with E-state index in [1.165, 1.54) is 0 Å². The standard InChI is InChI=1S/C29H37ClN6O3/c1-18-14-23-22(15-33-34-23)25(26(18)30)24(27(31)20-4-6-21(7-5-20)28(37)38)19(2)32-9-11-36-10-8-29(17-36)16-35(3)12-13-39-29/h4-7,14-15,25-26H,8-13,16-17,31H2,1-3H3,(H,33,34)(H,37,38)/b27-24+,32-19?. The van der Waals surface area contributed by atoms with E-state index in [0.29, 0.717) is 12.2 Å². The molecule has 4 N–H and O–H groups in total. The van der Waals surface area contributed by atoms with Crippen LogP contribution < -0.4 is 5.73 Å². The van der Waals surface area contributed by atoms with Gasteiger partial charge in [-0.1, -0.05) is 17.7 Å². The van der Waals surface area contributed by atoms with E-state index < -0.39 is 5.97 Å². The number of allylic oxidation sites excluding steroid dienone is 2. The topological polar surface area (TPSA) is 120 Å².